The third-order valence-electron chi connectivity index (χ3n) is 3.72. The predicted molar refractivity (Wildman–Crippen MR) is 80.5 cm³/mol. The van der Waals surface area contributed by atoms with Gasteiger partial charge in [-0.3, -0.25) is 4.90 Å². The van der Waals surface area contributed by atoms with E-state index in [2.05, 4.69) is 34.5 Å². The normalized spacial score (nSPS) is 22.7. The van der Waals surface area contributed by atoms with E-state index in [0.29, 0.717) is 0 Å². The minimum atomic E-state index is 0.0991. The molecule has 2 heterocycles. The van der Waals surface area contributed by atoms with Crippen molar-refractivity contribution in [3.8, 4) is 0 Å². The lowest BCUT2D eigenvalue weighted by Gasteiger charge is -2.34. The van der Waals surface area contributed by atoms with Crippen LogP contribution in [0.25, 0.3) is 10.1 Å². The number of nitrogens with two attached hydrogens (primary N) is 1. The van der Waals surface area contributed by atoms with Crippen molar-refractivity contribution >= 4 is 21.4 Å². The maximum absolute atomic E-state index is 5.94. The Morgan fingerprint density at radius 3 is 3.16 bits per heavy atom. The minimum Gasteiger partial charge on any atom is -0.374 e. The number of hydrogen-bond acceptors (Lipinski definition) is 4. The second-order valence-electron chi connectivity index (χ2n) is 5.26. The van der Waals surface area contributed by atoms with Crippen LogP contribution in [0, 0.1) is 0 Å². The Morgan fingerprint density at radius 1 is 1.47 bits per heavy atom. The Bertz CT molecular complexity index is 552. The number of fused-ring (bicyclic) bond motifs is 1. The average Bonchev–Trinajstić information content (AvgIpc) is 2.83. The van der Waals surface area contributed by atoms with E-state index >= 15 is 0 Å². The summed E-state index contributed by atoms with van der Waals surface area (Å²) in [5.74, 6) is 0. The summed E-state index contributed by atoms with van der Waals surface area (Å²) in [6.07, 6.45) is 0.165. The van der Waals surface area contributed by atoms with Crippen molar-refractivity contribution in [3.05, 3.63) is 35.2 Å². The first-order valence-corrected chi connectivity index (χ1v) is 7.66. The molecule has 102 valence electrons. The van der Waals surface area contributed by atoms with Gasteiger partial charge in [0, 0.05) is 30.4 Å². The van der Waals surface area contributed by atoms with Gasteiger partial charge in [0.05, 0.1) is 12.7 Å². The average molecular weight is 276 g/mol. The topological polar surface area (TPSA) is 38.5 Å². The Labute approximate surface area is 118 Å². The molecule has 3 nitrogen and oxygen atoms in total. The molecule has 3 rings (SSSR count). The van der Waals surface area contributed by atoms with Crippen LogP contribution in [0.5, 0.6) is 0 Å². The van der Waals surface area contributed by atoms with E-state index in [0.717, 1.165) is 26.2 Å². The zero-order valence-electron chi connectivity index (χ0n) is 11.2. The van der Waals surface area contributed by atoms with Crippen molar-refractivity contribution in [2.75, 3.05) is 19.7 Å². The second kappa shape index (κ2) is 5.59. The van der Waals surface area contributed by atoms with Gasteiger partial charge in [-0.15, -0.1) is 11.3 Å². The van der Waals surface area contributed by atoms with E-state index < -0.39 is 0 Å². The van der Waals surface area contributed by atoms with Crippen LogP contribution >= 0.6 is 11.3 Å². The van der Waals surface area contributed by atoms with Gasteiger partial charge in [0.2, 0.25) is 0 Å². The maximum atomic E-state index is 5.94. The lowest BCUT2D eigenvalue weighted by atomic mass is 10.1. The van der Waals surface area contributed by atoms with E-state index in [9.17, 15) is 0 Å². The monoisotopic (exact) mass is 276 g/mol. The fraction of sp³-hybridized carbons (Fsp3) is 0.467. The van der Waals surface area contributed by atoms with Gasteiger partial charge in [-0.25, -0.2) is 0 Å². The highest BCUT2D eigenvalue weighted by Gasteiger charge is 2.23. The highest BCUT2D eigenvalue weighted by molar-refractivity contribution is 7.17. The molecule has 0 amide bonds. The molecule has 0 bridgehead atoms. The van der Waals surface area contributed by atoms with Crippen LogP contribution in [0.3, 0.4) is 0 Å². The van der Waals surface area contributed by atoms with E-state index in [4.69, 9.17) is 10.5 Å². The van der Waals surface area contributed by atoms with Gasteiger partial charge in [0.1, 0.15) is 0 Å². The number of benzene rings is 1. The van der Waals surface area contributed by atoms with Crippen molar-refractivity contribution in [2.24, 2.45) is 5.73 Å². The van der Waals surface area contributed by atoms with Crippen LogP contribution < -0.4 is 5.73 Å². The summed E-state index contributed by atoms with van der Waals surface area (Å²) < 4.78 is 7.08. The summed E-state index contributed by atoms with van der Waals surface area (Å²) in [5, 5.41) is 3.66. The van der Waals surface area contributed by atoms with Crippen LogP contribution in [0.4, 0.5) is 0 Å². The summed E-state index contributed by atoms with van der Waals surface area (Å²) in [6.45, 7) is 5.73. The molecule has 1 aromatic heterocycles. The van der Waals surface area contributed by atoms with Crippen molar-refractivity contribution in [3.63, 3.8) is 0 Å². The predicted octanol–water partition coefficient (Wildman–Crippen LogP) is 2.45. The third-order valence-corrected chi connectivity index (χ3v) is 4.73. The zero-order chi connectivity index (χ0) is 13.2. The van der Waals surface area contributed by atoms with Gasteiger partial charge in [0.25, 0.3) is 0 Å². The number of thiophene rings is 1. The molecule has 1 aliphatic rings. The molecule has 19 heavy (non-hydrogen) atoms. The number of morpholine rings is 1. The fourth-order valence-corrected chi connectivity index (χ4v) is 3.54. The molecule has 2 atom stereocenters. The smallest absolute Gasteiger partial charge is 0.0850 e. The van der Waals surface area contributed by atoms with Crippen molar-refractivity contribution < 1.29 is 4.74 Å². The first-order chi connectivity index (χ1) is 9.24. The van der Waals surface area contributed by atoms with Crippen molar-refractivity contribution in [1.82, 2.24) is 4.90 Å². The van der Waals surface area contributed by atoms with E-state index in [1.54, 1.807) is 0 Å². The molecule has 1 aliphatic heterocycles. The van der Waals surface area contributed by atoms with Crippen LogP contribution in [-0.4, -0.2) is 36.7 Å². The molecule has 2 N–H and O–H groups in total. The molecule has 2 unspecified atom stereocenters. The number of ether oxygens (including phenoxy) is 1. The zero-order valence-corrected chi connectivity index (χ0v) is 12.0. The first kappa shape index (κ1) is 13.1. The summed E-state index contributed by atoms with van der Waals surface area (Å²) in [4.78, 5) is 2.45. The van der Waals surface area contributed by atoms with Crippen molar-refractivity contribution in [2.45, 2.75) is 25.6 Å². The third kappa shape index (κ3) is 2.82. The van der Waals surface area contributed by atoms with Crippen LogP contribution in [0.2, 0.25) is 0 Å². The lowest BCUT2D eigenvalue weighted by molar-refractivity contribution is -0.0402. The number of nitrogens with zero attached hydrogens (tertiary/aromatic N) is 1. The molecule has 0 aliphatic carbocycles. The molecule has 0 spiro atoms. The molecular formula is C15H20N2OS. The molecule has 0 saturated carbocycles. The molecule has 4 heteroatoms. The maximum Gasteiger partial charge on any atom is 0.0850 e. The van der Waals surface area contributed by atoms with Gasteiger partial charge in [-0.05, 0) is 29.3 Å². The molecule has 2 aromatic rings. The van der Waals surface area contributed by atoms with E-state index in [1.807, 2.05) is 18.3 Å². The quantitative estimate of drug-likeness (QED) is 0.936. The van der Waals surface area contributed by atoms with Crippen LogP contribution in [0.1, 0.15) is 12.5 Å². The summed E-state index contributed by atoms with van der Waals surface area (Å²) in [6, 6.07) is 8.71. The number of rotatable bonds is 3. The lowest BCUT2D eigenvalue weighted by Crippen LogP contribution is -2.49. The fourth-order valence-electron chi connectivity index (χ4n) is 2.59. The van der Waals surface area contributed by atoms with Gasteiger partial charge in [-0.2, -0.15) is 0 Å². The molecule has 0 radical (unpaired) electrons. The standard InChI is InChI=1S/C15H20N2OS/c1-11(16)14-9-17(6-7-18-14)8-12-10-19-15-5-3-2-4-13(12)15/h2-5,10-11,14H,6-9,16H2,1H3. The highest BCUT2D eigenvalue weighted by atomic mass is 32.1. The van der Waals surface area contributed by atoms with Gasteiger partial charge in [-0.1, -0.05) is 18.2 Å². The second-order valence-corrected chi connectivity index (χ2v) is 6.17. The Hall–Kier alpha value is -0.940. The molecular weight excluding hydrogens is 256 g/mol. The first-order valence-electron chi connectivity index (χ1n) is 6.78. The largest absolute Gasteiger partial charge is 0.374 e. The molecule has 1 saturated heterocycles. The van der Waals surface area contributed by atoms with Gasteiger partial charge >= 0.3 is 0 Å². The summed E-state index contributed by atoms with van der Waals surface area (Å²) >= 11 is 1.83. The molecule has 1 aromatic carbocycles. The highest BCUT2D eigenvalue weighted by Crippen LogP contribution is 2.27. The number of hydrogen-bond donors (Lipinski definition) is 1. The Balaban J connectivity index is 1.74. The van der Waals surface area contributed by atoms with Crippen LogP contribution in [-0.2, 0) is 11.3 Å². The molecule has 1 fully saturated rings. The SMILES string of the molecule is CC(N)C1CN(Cc2csc3ccccc23)CCO1. The summed E-state index contributed by atoms with van der Waals surface area (Å²) in [5.41, 5.74) is 7.37. The Kier molecular flexibility index (Phi) is 3.84. The van der Waals surface area contributed by atoms with Gasteiger partial charge in [0.15, 0.2) is 0 Å². The van der Waals surface area contributed by atoms with E-state index in [-0.39, 0.29) is 12.1 Å². The van der Waals surface area contributed by atoms with Crippen LogP contribution in [0.15, 0.2) is 29.6 Å². The summed E-state index contributed by atoms with van der Waals surface area (Å²) in [7, 11) is 0. The Morgan fingerprint density at radius 2 is 2.32 bits per heavy atom. The van der Waals surface area contributed by atoms with Gasteiger partial charge < -0.3 is 10.5 Å². The van der Waals surface area contributed by atoms with Crippen molar-refractivity contribution in [1.29, 1.82) is 0 Å². The van der Waals surface area contributed by atoms with E-state index in [1.165, 1.54) is 15.6 Å². The minimum absolute atomic E-state index is 0.0991.